The predicted molar refractivity (Wildman–Crippen MR) is 113 cm³/mol. The van der Waals surface area contributed by atoms with E-state index >= 15 is 0 Å². The van der Waals surface area contributed by atoms with E-state index in [-0.39, 0.29) is 20.9 Å². The molecule has 29 heavy (non-hydrogen) atoms. The van der Waals surface area contributed by atoms with E-state index in [0.717, 1.165) is 11.9 Å². The number of nitrogens with zero attached hydrogens (tertiary/aromatic N) is 3. The first-order valence-corrected chi connectivity index (χ1v) is 11.1. The van der Waals surface area contributed by atoms with Crippen LogP contribution in [0.3, 0.4) is 0 Å². The molecule has 0 fully saturated rings. The van der Waals surface area contributed by atoms with Crippen LogP contribution in [0, 0.1) is 0 Å². The Balaban J connectivity index is 2.02. The predicted octanol–water partition coefficient (Wildman–Crippen LogP) is 3.87. The van der Waals surface area contributed by atoms with Crippen LogP contribution >= 0.6 is 11.6 Å². The third-order valence-corrected chi connectivity index (χ3v) is 5.76. The van der Waals surface area contributed by atoms with Crippen molar-refractivity contribution in [1.29, 1.82) is 0 Å². The molecule has 0 saturated carbocycles. The van der Waals surface area contributed by atoms with Crippen molar-refractivity contribution in [2.75, 3.05) is 11.6 Å². The summed E-state index contributed by atoms with van der Waals surface area (Å²) < 4.78 is 25.3. The Morgan fingerprint density at radius 1 is 1.14 bits per heavy atom. The van der Waals surface area contributed by atoms with Crippen LogP contribution in [0.25, 0.3) is 5.82 Å². The lowest BCUT2D eigenvalue weighted by Gasteiger charge is -2.13. The second-order valence-corrected chi connectivity index (χ2v) is 10.0. The molecule has 0 saturated heterocycles. The van der Waals surface area contributed by atoms with Crippen molar-refractivity contribution in [2.45, 2.75) is 31.1 Å². The number of hydrogen-bond acceptors (Lipinski definition) is 5. The summed E-state index contributed by atoms with van der Waals surface area (Å²) in [5.74, 6) is 0.491. The lowest BCUT2D eigenvalue weighted by molar-refractivity contribution is 0.102. The van der Waals surface area contributed by atoms with Crippen LogP contribution in [0.1, 0.15) is 36.8 Å². The molecule has 1 aromatic carbocycles. The molecule has 7 nitrogen and oxygen atoms in total. The number of sulfone groups is 1. The van der Waals surface area contributed by atoms with Crippen LogP contribution in [-0.4, -0.2) is 35.3 Å². The summed E-state index contributed by atoms with van der Waals surface area (Å²) in [7, 11) is -3.57. The molecule has 0 spiro atoms. The minimum Gasteiger partial charge on any atom is -0.306 e. The van der Waals surface area contributed by atoms with E-state index in [1.165, 1.54) is 18.2 Å². The van der Waals surface area contributed by atoms with Gasteiger partial charge in [-0.15, -0.1) is 0 Å². The van der Waals surface area contributed by atoms with Crippen LogP contribution in [0.15, 0.2) is 53.6 Å². The topological polar surface area (TPSA) is 94.0 Å². The molecule has 0 radical (unpaired) electrons. The maximum absolute atomic E-state index is 12.8. The summed E-state index contributed by atoms with van der Waals surface area (Å²) in [6.07, 6.45) is 2.68. The Kier molecular flexibility index (Phi) is 5.51. The molecule has 0 aliphatic heterocycles. The van der Waals surface area contributed by atoms with Gasteiger partial charge in [0.1, 0.15) is 5.82 Å². The number of hydrogen-bond donors (Lipinski definition) is 1. The fraction of sp³-hybridized carbons (Fsp3) is 0.250. The highest BCUT2D eigenvalue weighted by atomic mass is 35.5. The van der Waals surface area contributed by atoms with Crippen LogP contribution in [0.4, 0.5) is 5.82 Å². The van der Waals surface area contributed by atoms with Crippen LogP contribution in [-0.2, 0) is 15.3 Å². The summed E-state index contributed by atoms with van der Waals surface area (Å²) in [6, 6.07) is 11.3. The first-order chi connectivity index (χ1) is 13.5. The lowest BCUT2D eigenvalue weighted by atomic mass is 9.92. The number of rotatable bonds is 4. The number of nitrogens with one attached hydrogen (secondary N) is 1. The van der Waals surface area contributed by atoms with E-state index in [9.17, 15) is 13.2 Å². The molecule has 1 N–H and O–H groups in total. The molecule has 3 aromatic rings. The van der Waals surface area contributed by atoms with Gasteiger partial charge in [-0.3, -0.25) is 4.79 Å². The Morgan fingerprint density at radius 2 is 1.86 bits per heavy atom. The first kappa shape index (κ1) is 21.0. The van der Waals surface area contributed by atoms with Gasteiger partial charge in [0.25, 0.3) is 5.91 Å². The minimum absolute atomic E-state index is 0.0672. The van der Waals surface area contributed by atoms with Crippen molar-refractivity contribution in [3.63, 3.8) is 0 Å². The maximum Gasteiger partial charge on any atom is 0.256 e. The zero-order valence-corrected chi connectivity index (χ0v) is 18.0. The van der Waals surface area contributed by atoms with E-state index in [1.54, 1.807) is 29.1 Å². The number of pyridine rings is 1. The Hall–Kier alpha value is -2.71. The van der Waals surface area contributed by atoms with Crippen molar-refractivity contribution in [3.8, 4) is 5.82 Å². The smallest absolute Gasteiger partial charge is 0.256 e. The molecule has 2 heterocycles. The zero-order valence-electron chi connectivity index (χ0n) is 16.5. The molecule has 3 rings (SSSR count). The van der Waals surface area contributed by atoms with Gasteiger partial charge in [-0.25, -0.2) is 13.4 Å². The van der Waals surface area contributed by atoms with Gasteiger partial charge in [0.2, 0.25) is 0 Å². The van der Waals surface area contributed by atoms with E-state index in [0.29, 0.717) is 11.6 Å². The number of anilines is 1. The van der Waals surface area contributed by atoms with E-state index in [4.69, 9.17) is 11.6 Å². The van der Waals surface area contributed by atoms with Crippen molar-refractivity contribution in [3.05, 3.63) is 64.9 Å². The third-order valence-electron chi connectivity index (χ3n) is 4.18. The van der Waals surface area contributed by atoms with E-state index in [1.807, 2.05) is 26.8 Å². The lowest BCUT2D eigenvalue weighted by Crippen LogP contribution is -2.16. The Morgan fingerprint density at radius 3 is 2.45 bits per heavy atom. The summed E-state index contributed by atoms with van der Waals surface area (Å²) in [5.41, 5.74) is 0.691. The number of benzene rings is 1. The Labute approximate surface area is 174 Å². The fourth-order valence-electron chi connectivity index (χ4n) is 2.61. The summed E-state index contributed by atoms with van der Waals surface area (Å²) in [5, 5.41) is 7.46. The summed E-state index contributed by atoms with van der Waals surface area (Å²) in [4.78, 5) is 17.0. The van der Waals surface area contributed by atoms with Crippen LogP contribution < -0.4 is 5.32 Å². The largest absolute Gasteiger partial charge is 0.306 e. The van der Waals surface area contributed by atoms with Gasteiger partial charge < -0.3 is 5.32 Å². The molecule has 2 aromatic heterocycles. The maximum atomic E-state index is 12.8. The monoisotopic (exact) mass is 432 g/mol. The second-order valence-electron chi connectivity index (χ2n) is 7.64. The van der Waals surface area contributed by atoms with E-state index in [2.05, 4.69) is 15.4 Å². The molecule has 0 aliphatic carbocycles. The van der Waals surface area contributed by atoms with Crippen molar-refractivity contribution in [1.82, 2.24) is 14.8 Å². The molecule has 0 unspecified atom stereocenters. The average Bonchev–Trinajstić information content (AvgIpc) is 3.06. The van der Waals surface area contributed by atoms with Gasteiger partial charge >= 0.3 is 0 Å². The molecule has 152 valence electrons. The van der Waals surface area contributed by atoms with Gasteiger partial charge in [0, 0.05) is 29.5 Å². The molecular formula is C20H21ClN4O3S. The molecule has 0 aliphatic rings. The number of halogens is 1. The third kappa shape index (κ3) is 4.65. The van der Waals surface area contributed by atoms with Gasteiger partial charge in [-0.05, 0) is 30.3 Å². The normalized spacial score (nSPS) is 12.0. The highest BCUT2D eigenvalue weighted by Crippen LogP contribution is 2.27. The number of amides is 1. The number of carbonyl (C=O) groups is 1. The second kappa shape index (κ2) is 7.61. The van der Waals surface area contributed by atoms with E-state index < -0.39 is 15.7 Å². The highest BCUT2D eigenvalue weighted by Gasteiger charge is 2.23. The SMILES string of the molecule is CC(C)(C)c1cc(NC(=O)c2ccc(Cl)c(S(C)(=O)=O)c2)n(-c2ccccn2)n1. The van der Waals surface area contributed by atoms with Crippen LogP contribution in [0.2, 0.25) is 5.02 Å². The van der Waals surface area contributed by atoms with Crippen molar-refractivity contribution >= 4 is 33.2 Å². The van der Waals surface area contributed by atoms with Crippen LogP contribution in [0.5, 0.6) is 0 Å². The number of carbonyl (C=O) groups excluding carboxylic acids is 1. The standard InChI is InChI=1S/C20H21ClN4O3S/c1-20(2,3)16-12-18(25(24-16)17-7-5-6-10-22-17)23-19(26)13-8-9-14(21)15(11-13)29(4,27)28/h5-12H,1-4H3,(H,23,26). The first-order valence-electron chi connectivity index (χ1n) is 8.80. The molecule has 0 bridgehead atoms. The van der Waals surface area contributed by atoms with Gasteiger partial charge in [-0.2, -0.15) is 9.78 Å². The number of aromatic nitrogens is 3. The van der Waals surface area contributed by atoms with Crippen molar-refractivity contribution in [2.24, 2.45) is 0 Å². The molecule has 9 heteroatoms. The molecular weight excluding hydrogens is 412 g/mol. The average molecular weight is 433 g/mol. The van der Waals surface area contributed by atoms with Gasteiger partial charge in [-0.1, -0.05) is 38.4 Å². The highest BCUT2D eigenvalue weighted by molar-refractivity contribution is 7.90. The fourth-order valence-corrected chi connectivity index (χ4v) is 3.91. The van der Waals surface area contributed by atoms with Gasteiger partial charge in [0.15, 0.2) is 15.7 Å². The quantitative estimate of drug-likeness (QED) is 0.675. The summed E-state index contributed by atoms with van der Waals surface area (Å²) in [6.45, 7) is 6.05. The van der Waals surface area contributed by atoms with Crippen molar-refractivity contribution < 1.29 is 13.2 Å². The minimum atomic E-state index is -3.57. The summed E-state index contributed by atoms with van der Waals surface area (Å²) >= 11 is 5.97. The zero-order chi connectivity index (χ0) is 21.4. The molecule has 0 atom stereocenters. The van der Waals surface area contributed by atoms with Gasteiger partial charge in [0.05, 0.1) is 15.6 Å². The Bertz CT molecular complexity index is 1170. The molecule has 1 amide bonds.